The summed E-state index contributed by atoms with van der Waals surface area (Å²) in [6.45, 7) is 6.28. The van der Waals surface area contributed by atoms with Crippen molar-refractivity contribution in [1.29, 1.82) is 0 Å². The molecule has 6 nitrogen and oxygen atoms in total. The van der Waals surface area contributed by atoms with E-state index in [9.17, 15) is 9.59 Å². The van der Waals surface area contributed by atoms with Gasteiger partial charge in [-0.15, -0.1) is 0 Å². The van der Waals surface area contributed by atoms with Gasteiger partial charge >= 0.3 is 0 Å². The van der Waals surface area contributed by atoms with Crippen molar-refractivity contribution in [2.45, 2.75) is 20.4 Å². The Labute approximate surface area is 147 Å². The normalized spacial score (nSPS) is 14.7. The standard InChI is InChI=1S/C19H22N4O2/c1-13-7-14(2)9-15(8-13)11-23-6-5-22(12-18(23)24)17-10-16(19(20)25)3-4-21-17/h3-4,7-10H,5-6,11-12H2,1-2H3,(H2,20,25). The molecule has 0 radical (unpaired) electrons. The van der Waals surface area contributed by atoms with Gasteiger partial charge in [0.15, 0.2) is 0 Å². The Morgan fingerprint density at radius 2 is 1.88 bits per heavy atom. The van der Waals surface area contributed by atoms with Gasteiger partial charge in [0.05, 0.1) is 6.54 Å². The number of carbonyl (C=O) groups is 2. The lowest BCUT2D eigenvalue weighted by molar-refractivity contribution is -0.131. The van der Waals surface area contributed by atoms with Gasteiger partial charge in [0.1, 0.15) is 5.82 Å². The van der Waals surface area contributed by atoms with E-state index in [2.05, 4.69) is 37.0 Å². The van der Waals surface area contributed by atoms with E-state index < -0.39 is 5.91 Å². The third kappa shape index (κ3) is 3.96. The van der Waals surface area contributed by atoms with Crippen molar-refractivity contribution in [1.82, 2.24) is 9.88 Å². The van der Waals surface area contributed by atoms with Crippen LogP contribution in [0.2, 0.25) is 0 Å². The predicted octanol–water partition coefficient (Wildman–Crippen LogP) is 1.65. The second-order valence-electron chi connectivity index (χ2n) is 6.50. The summed E-state index contributed by atoms with van der Waals surface area (Å²) in [5, 5.41) is 0. The molecule has 0 spiro atoms. The number of amides is 2. The summed E-state index contributed by atoms with van der Waals surface area (Å²) >= 11 is 0. The van der Waals surface area contributed by atoms with Crippen molar-refractivity contribution >= 4 is 17.6 Å². The lowest BCUT2D eigenvalue weighted by Crippen LogP contribution is -2.50. The largest absolute Gasteiger partial charge is 0.366 e. The van der Waals surface area contributed by atoms with Gasteiger partial charge in [0.2, 0.25) is 11.8 Å². The van der Waals surface area contributed by atoms with Gasteiger partial charge in [-0.2, -0.15) is 0 Å². The highest BCUT2D eigenvalue weighted by atomic mass is 16.2. The van der Waals surface area contributed by atoms with Gasteiger partial charge < -0.3 is 15.5 Å². The average Bonchev–Trinajstić information content (AvgIpc) is 2.56. The van der Waals surface area contributed by atoms with Gasteiger partial charge in [0.25, 0.3) is 0 Å². The molecular formula is C19H22N4O2. The predicted molar refractivity (Wildman–Crippen MR) is 96.3 cm³/mol. The first-order valence-corrected chi connectivity index (χ1v) is 8.28. The Kier molecular flexibility index (Phi) is 4.70. The van der Waals surface area contributed by atoms with Gasteiger partial charge in [-0.25, -0.2) is 4.98 Å². The van der Waals surface area contributed by atoms with E-state index in [4.69, 9.17) is 5.73 Å². The summed E-state index contributed by atoms with van der Waals surface area (Å²) in [5.74, 6) is 0.163. The molecule has 0 unspecified atom stereocenters. The second-order valence-corrected chi connectivity index (χ2v) is 6.50. The molecule has 25 heavy (non-hydrogen) atoms. The van der Waals surface area contributed by atoms with Crippen LogP contribution in [0, 0.1) is 13.8 Å². The molecule has 2 heterocycles. The van der Waals surface area contributed by atoms with Gasteiger partial charge in [-0.05, 0) is 31.5 Å². The highest BCUT2D eigenvalue weighted by Crippen LogP contribution is 2.18. The number of hydrogen-bond donors (Lipinski definition) is 1. The molecule has 3 rings (SSSR count). The maximum atomic E-state index is 12.5. The average molecular weight is 338 g/mol. The number of primary amides is 1. The molecule has 6 heteroatoms. The SMILES string of the molecule is Cc1cc(C)cc(CN2CCN(c3cc(C(N)=O)ccn3)CC2=O)c1. The molecule has 2 aromatic rings. The smallest absolute Gasteiger partial charge is 0.248 e. The quantitative estimate of drug-likeness (QED) is 0.919. The molecule has 0 atom stereocenters. The van der Waals surface area contributed by atoms with Crippen LogP contribution in [0.1, 0.15) is 27.0 Å². The zero-order valence-electron chi connectivity index (χ0n) is 14.5. The van der Waals surface area contributed by atoms with E-state index >= 15 is 0 Å². The third-order valence-corrected chi connectivity index (χ3v) is 4.33. The Bertz CT molecular complexity index is 799. The van der Waals surface area contributed by atoms with Gasteiger partial charge in [-0.3, -0.25) is 9.59 Å². The zero-order valence-corrected chi connectivity index (χ0v) is 14.5. The highest BCUT2D eigenvalue weighted by molar-refractivity contribution is 5.93. The number of carbonyl (C=O) groups excluding carboxylic acids is 2. The molecule has 1 aromatic carbocycles. The molecule has 2 N–H and O–H groups in total. The Morgan fingerprint density at radius 1 is 1.16 bits per heavy atom. The molecular weight excluding hydrogens is 316 g/mol. The van der Waals surface area contributed by atoms with E-state index in [0.717, 1.165) is 5.56 Å². The maximum absolute atomic E-state index is 12.5. The fraction of sp³-hybridized carbons (Fsp3) is 0.316. The van der Waals surface area contributed by atoms with E-state index in [1.54, 1.807) is 18.3 Å². The molecule has 0 bridgehead atoms. The first kappa shape index (κ1) is 17.0. The monoisotopic (exact) mass is 338 g/mol. The van der Waals surface area contributed by atoms with Crippen LogP contribution in [0.25, 0.3) is 0 Å². The Morgan fingerprint density at radius 3 is 2.52 bits per heavy atom. The number of anilines is 1. The molecule has 130 valence electrons. The van der Waals surface area contributed by atoms with E-state index in [1.807, 2.05) is 9.80 Å². The first-order valence-electron chi connectivity index (χ1n) is 8.28. The number of aromatic nitrogens is 1. The van der Waals surface area contributed by atoms with Crippen molar-refractivity contribution < 1.29 is 9.59 Å². The Balaban J connectivity index is 1.69. The maximum Gasteiger partial charge on any atom is 0.248 e. The Hall–Kier alpha value is -2.89. The van der Waals surface area contributed by atoms with Crippen LogP contribution in [-0.2, 0) is 11.3 Å². The summed E-state index contributed by atoms with van der Waals surface area (Å²) in [7, 11) is 0. The molecule has 1 aliphatic heterocycles. The van der Waals surface area contributed by atoms with Crippen molar-refractivity contribution in [3.8, 4) is 0 Å². The summed E-state index contributed by atoms with van der Waals surface area (Å²) < 4.78 is 0. The number of nitrogens with zero attached hydrogens (tertiary/aromatic N) is 3. The van der Waals surface area contributed by atoms with Gasteiger partial charge in [-0.1, -0.05) is 29.3 Å². The number of pyridine rings is 1. The number of hydrogen-bond acceptors (Lipinski definition) is 4. The summed E-state index contributed by atoms with van der Waals surface area (Å²) in [6, 6.07) is 9.56. The minimum absolute atomic E-state index is 0.0525. The summed E-state index contributed by atoms with van der Waals surface area (Å²) in [4.78, 5) is 31.9. The third-order valence-electron chi connectivity index (χ3n) is 4.33. The van der Waals surface area contributed by atoms with Gasteiger partial charge in [0, 0.05) is 31.4 Å². The summed E-state index contributed by atoms with van der Waals surface area (Å²) in [6.07, 6.45) is 1.54. The molecule has 2 amide bonds. The van der Waals surface area contributed by atoms with Crippen LogP contribution in [0.5, 0.6) is 0 Å². The van der Waals surface area contributed by atoms with Crippen LogP contribution < -0.4 is 10.6 Å². The van der Waals surface area contributed by atoms with Crippen molar-refractivity contribution in [3.63, 3.8) is 0 Å². The van der Waals surface area contributed by atoms with Crippen LogP contribution in [0.3, 0.4) is 0 Å². The molecule has 1 fully saturated rings. The first-order chi connectivity index (χ1) is 11.9. The number of aryl methyl sites for hydroxylation is 2. The number of rotatable bonds is 4. The van der Waals surface area contributed by atoms with E-state index in [-0.39, 0.29) is 12.5 Å². The molecule has 0 saturated carbocycles. The van der Waals surface area contributed by atoms with Crippen molar-refractivity contribution in [2.75, 3.05) is 24.5 Å². The van der Waals surface area contributed by atoms with Crippen molar-refractivity contribution in [2.24, 2.45) is 5.73 Å². The topological polar surface area (TPSA) is 79.5 Å². The molecule has 1 saturated heterocycles. The zero-order chi connectivity index (χ0) is 18.0. The van der Waals surface area contributed by atoms with Crippen LogP contribution in [-0.4, -0.2) is 41.3 Å². The fourth-order valence-corrected chi connectivity index (χ4v) is 3.20. The van der Waals surface area contributed by atoms with Crippen molar-refractivity contribution in [3.05, 3.63) is 58.8 Å². The van der Waals surface area contributed by atoms with Crippen LogP contribution in [0.15, 0.2) is 36.5 Å². The fourth-order valence-electron chi connectivity index (χ4n) is 3.20. The molecule has 1 aliphatic rings. The lowest BCUT2D eigenvalue weighted by Gasteiger charge is -2.35. The van der Waals surface area contributed by atoms with E-state index in [0.29, 0.717) is 31.0 Å². The molecule has 1 aromatic heterocycles. The van der Waals surface area contributed by atoms with Crippen LogP contribution in [0.4, 0.5) is 5.82 Å². The van der Waals surface area contributed by atoms with E-state index in [1.165, 1.54) is 11.1 Å². The lowest BCUT2D eigenvalue weighted by atomic mass is 10.1. The molecule has 0 aliphatic carbocycles. The minimum atomic E-state index is -0.497. The number of piperazine rings is 1. The number of nitrogens with two attached hydrogens (primary N) is 1. The minimum Gasteiger partial charge on any atom is -0.366 e. The highest BCUT2D eigenvalue weighted by Gasteiger charge is 2.25. The summed E-state index contributed by atoms with van der Waals surface area (Å²) in [5.41, 5.74) is 9.26. The second kappa shape index (κ2) is 6.93. The van der Waals surface area contributed by atoms with Crippen LogP contribution >= 0.6 is 0 Å². The number of benzene rings is 1.